The molecule has 19 heavy (non-hydrogen) atoms. The van der Waals surface area contributed by atoms with Gasteiger partial charge in [-0.25, -0.2) is 0 Å². The van der Waals surface area contributed by atoms with Gasteiger partial charge in [0.15, 0.2) is 0 Å². The molecule has 1 aliphatic rings. The molecule has 0 spiro atoms. The SMILES string of the molecule is COc1ccc2[nH]c3c(c2c1)CCC[C@@H]3NC(C)=O. The first-order valence-electron chi connectivity index (χ1n) is 6.64. The predicted octanol–water partition coefficient (Wildman–Crippen LogP) is 2.69. The fraction of sp³-hybridized carbons (Fsp3) is 0.400. The molecule has 1 aromatic carbocycles. The van der Waals surface area contributed by atoms with Gasteiger partial charge in [-0.2, -0.15) is 0 Å². The highest BCUT2D eigenvalue weighted by Gasteiger charge is 2.24. The van der Waals surface area contributed by atoms with Gasteiger partial charge in [-0.15, -0.1) is 0 Å². The Morgan fingerprint density at radius 1 is 1.47 bits per heavy atom. The summed E-state index contributed by atoms with van der Waals surface area (Å²) >= 11 is 0. The summed E-state index contributed by atoms with van der Waals surface area (Å²) in [5.74, 6) is 0.894. The van der Waals surface area contributed by atoms with Crippen LogP contribution >= 0.6 is 0 Å². The van der Waals surface area contributed by atoms with Gasteiger partial charge in [0.05, 0.1) is 13.2 Å². The van der Waals surface area contributed by atoms with Crippen molar-refractivity contribution in [1.82, 2.24) is 10.3 Å². The smallest absolute Gasteiger partial charge is 0.217 e. The Labute approximate surface area is 112 Å². The van der Waals surface area contributed by atoms with Gasteiger partial charge in [-0.3, -0.25) is 4.79 Å². The predicted molar refractivity (Wildman–Crippen MR) is 74.3 cm³/mol. The third-order valence-electron chi connectivity index (χ3n) is 3.79. The van der Waals surface area contributed by atoms with E-state index in [4.69, 9.17) is 4.74 Å². The van der Waals surface area contributed by atoms with Gasteiger partial charge in [-0.1, -0.05) is 0 Å². The number of carbonyl (C=O) groups is 1. The molecule has 4 nitrogen and oxygen atoms in total. The average molecular weight is 258 g/mol. The highest BCUT2D eigenvalue weighted by molar-refractivity contribution is 5.86. The minimum atomic E-state index is 0.0223. The van der Waals surface area contributed by atoms with E-state index in [0.29, 0.717) is 0 Å². The van der Waals surface area contributed by atoms with Crippen molar-refractivity contribution in [3.8, 4) is 5.75 Å². The van der Waals surface area contributed by atoms with Crippen molar-refractivity contribution < 1.29 is 9.53 Å². The van der Waals surface area contributed by atoms with E-state index in [1.54, 1.807) is 14.0 Å². The van der Waals surface area contributed by atoms with Gasteiger partial charge in [0.25, 0.3) is 0 Å². The molecular weight excluding hydrogens is 240 g/mol. The Morgan fingerprint density at radius 2 is 2.32 bits per heavy atom. The maximum absolute atomic E-state index is 11.3. The molecule has 1 amide bonds. The summed E-state index contributed by atoms with van der Waals surface area (Å²) in [7, 11) is 1.68. The van der Waals surface area contributed by atoms with Crippen LogP contribution in [0.4, 0.5) is 0 Å². The first-order valence-corrected chi connectivity index (χ1v) is 6.64. The Hall–Kier alpha value is -1.97. The molecule has 0 unspecified atom stereocenters. The lowest BCUT2D eigenvalue weighted by Gasteiger charge is -2.23. The number of aromatic nitrogens is 1. The van der Waals surface area contributed by atoms with Crippen LogP contribution < -0.4 is 10.1 Å². The van der Waals surface area contributed by atoms with Crippen LogP contribution in [-0.2, 0) is 11.2 Å². The molecular formula is C15H18N2O2. The summed E-state index contributed by atoms with van der Waals surface area (Å²) in [6.45, 7) is 1.57. The maximum atomic E-state index is 11.3. The molecule has 1 atom stereocenters. The number of H-pyrrole nitrogens is 1. The third-order valence-corrected chi connectivity index (χ3v) is 3.79. The van der Waals surface area contributed by atoms with E-state index < -0.39 is 0 Å². The zero-order valence-electron chi connectivity index (χ0n) is 11.2. The second-order valence-electron chi connectivity index (χ2n) is 5.07. The van der Waals surface area contributed by atoms with Crippen LogP contribution in [0.5, 0.6) is 5.75 Å². The molecule has 0 fully saturated rings. The van der Waals surface area contributed by atoms with Crippen molar-refractivity contribution in [1.29, 1.82) is 0 Å². The Morgan fingerprint density at radius 3 is 3.05 bits per heavy atom. The lowest BCUT2D eigenvalue weighted by atomic mass is 9.91. The Bertz CT molecular complexity index is 630. The van der Waals surface area contributed by atoms with E-state index in [9.17, 15) is 4.79 Å². The lowest BCUT2D eigenvalue weighted by Crippen LogP contribution is -2.28. The summed E-state index contributed by atoms with van der Waals surface area (Å²) in [5.41, 5.74) is 3.59. The number of aryl methyl sites for hydroxylation is 1. The van der Waals surface area contributed by atoms with Crippen molar-refractivity contribution in [2.75, 3.05) is 7.11 Å². The summed E-state index contributed by atoms with van der Waals surface area (Å²) in [5, 5.41) is 4.24. The van der Waals surface area contributed by atoms with Gasteiger partial charge in [-0.05, 0) is 43.0 Å². The molecule has 2 aromatic rings. The largest absolute Gasteiger partial charge is 0.497 e. The van der Waals surface area contributed by atoms with Crippen molar-refractivity contribution in [3.05, 3.63) is 29.5 Å². The molecule has 2 N–H and O–H groups in total. The van der Waals surface area contributed by atoms with Gasteiger partial charge in [0.2, 0.25) is 5.91 Å². The van der Waals surface area contributed by atoms with Crippen molar-refractivity contribution in [2.45, 2.75) is 32.2 Å². The van der Waals surface area contributed by atoms with E-state index in [2.05, 4.69) is 16.4 Å². The number of amides is 1. The zero-order valence-corrected chi connectivity index (χ0v) is 11.2. The molecule has 0 bridgehead atoms. The second kappa shape index (κ2) is 4.61. The Balaban J connectivity index is 2.10. The maximum Gasteiger partial charge on any atom is 0.217 e. The van der Waals surface area contributed by atoms with E-state index in [0.717, 1.165) is 36.2 Å². The van der Waals surface area contributed by atoms with Crippen LogP contribution in [0.15, 0.2) is 18.2 Å². The molecule has 1 aliphatic carbocycles. The molecule has 3 rings (SSSR count). The molecule has 4 heteroatoms. The lowest BCUT2D eigenvalue weighted by molar-refractivity contribution is -0.119. The number of carbonyl (C=O) groups excluding carboxylic acids is 1. The number of benzene rings is 1. The van der Waals surface area contributed by atoms with Crippen LogP contribution in [0.3, 0.4) is 0 Å². The third kappa shape index (κ3) is 2.07. The normalized spacial score (nSPS) is 18.1. The number of methoxy groups -OCH3 is 1. The number of hydrogen-bond donors (Lipinski definition) is 2. The zero-order chi connectivity index (χ0) is 13.4. The number of nitrogens with one attached hydrogen (secondary N) is 2. The molecule has 100 valence electrons. The number of rotatable bonds is 2. The average Bonchev–Trinajstić information content (AvgIpc) is 2.77. The summed E-state index contributed by atoms with van der Waals surface area (Å²) in [4.78, 5) is 14.7. The van der Waals surface area contributed by atoms with E-state index in [1.165, 1.54) is 10.9 Å². The van der Waals surface area contributed by atoms with Crippen LogP contribution in [0, 0.1) is 0 Å². The molecule has 0 aliphatic heterocycles. The van der Waals surface area contributed by atoms with Gasteiger partial charge < -0.3 is 15.0 Å². The van der Waals surface area contributed by atoms with E-state index in [1.807, 2.05) is 12.1 Å². The van der Waals surface area contributed by atoms with Gasteiger partial charge >= 0.3 is 0 Å². The fourth-order valence-corrected chi connectivity index (χ4v) is 2.96. The number of hydrogen-bond acceptors (Lipinski definition) is 2. The molecule has 0 saturated heterocycles. The van der Waals surface area contributed by atoms with Crippen LogP contribution in [0.2, 0.25) is 0 Å². The monoisotopic (exact) mass is 258 g/mol. The quantitative estimate of drug-likeness (QED) is 0.870. The highest BCUT2D eigenvalue weighted by atomic mass is 16.5. The summed E-state index contributed by atoms with van der Waals surface area (Å²) in [6.07, 6.45) is 3.15. The van der Waals surface area contributed by atoms with Crippen molar-refractivity contribution in [2.24, 2.45) is 0 Å². The highest BCUT2D eigenvalue weighted by Crippen LogP contribution is 2.36. The first-order chi connectivity index (χ1) is 9.19. The van der Waals surface area contributed by atoms with Crippen molar-refractivity contribution >= 4 is 16.8 Å². The van der Waals surface area contributed by atoms with Crippen molar-refractivity contribution in [3.63, 3.8) is 0 Å². The van der Waals surface area contributed by atoms with Crippen LogP contribution in [0.25, 0.3) is 10.9 Å². The summed E-state index contributed by atoms with van der Waals surface area (Å²) < 4.78 is 5.29. The molecule has 0 saturated carbocycles. The minimum absolute atomic E-state index is 0.0223. The van der Waals surface area contributed by atoms with Gasteiger partial charge in [0.1, 0.15) is 5.75 Å². The number of ether oxygens (including phenoxy) is 1. The number of aromatic amines is 1. The topological polar surface area (TPSA) is 54.1 Å². The first kappa shape index (κ1) is 12.1. The Kier molecular flexibility index (Phi) is 2.93. The second-order valence-corrected chi connectivity index (χ2v) is 5.07. The molecule has 1 heterocycles. The van der Waals surface area contributed by atoms with Gasteiger partial charge in [0, 0.05) is 23.5 Å². The molecule has 0 radical (unpaired) electrons. The summed E-state index contributed by atoms with van der Waals surface area (Å²) in [6, 6.07) is 6.18. The van der Waals surface area contributed by atoms with Crippen LogP contribution in [0.1, 0.15) is 37.1 Å². The fourth-order valence-electron chi connectivity index (χ4n) is 2.96. The number of fused-ring (bicyclic) bond motifs is 3. The standard InChI is InChI=1S/C15H18N2O2/c1-9(18)16-14-5-3-4-11-12-8-10(19-2)6-7-13(12)17-15(11)14/h6-8,14,17H,3-5H2,1-2H3,(H,16,18)/t14-/m0/s1. The minimum Gasteiger partial charge on any atom is -0.497 e. The van der Waals surface area contributed by atoms with E-state index in [-0.39, 0.29) is 11.9 Å². The molecule has 1 aromatic heterocycles. The van der Waals surface area contributed by atoms with E-state index >= 15 is 0 Å². The van der Waals surface area contributed by atoms with Crippen LogP contribution in [-0.4, -0.2) is 18.0 Å².